The smallest absolute Gasteiger partial charge is 0.390 e. The Hall–Kier alpha value is -3.59. The van der Waals surface area contributed by atoms with Crippen LogP contribution in [0.3, 0.4) is 0 Å². The summed E-state index contributed by atoms with van der Waals surface area (Å²) >= 11 is 1.20. The van der Waals surface area contributed by atoms with Gasteiger partial charge in [0.25, 0.3) is 11.1 Å². The number of hydrogen-bond donors (Lipinski definition) is 16. The second kappa shape index (κ2) is 25.0. The minimum absolute atomic E-state index is 0.00304. The molecule has 424 valence electrons. The van der Waals surface area contributed by atoms with Crippen molar-refractivity contribution in [3.05, 3.63) is 65.2 Å². The average Bonchev–Trinajstić information content (AvgIpc) is 3.93. The van der Waals surface area contributed by atoms with Crippen molar-refractivity contribution in [3.8, 4) is 0 Å². The second-order valence-electron chi connectivity index (χ2n) is 19.0. The van der Waals surface area contributed by atoms with Crippen LogP contribution in [-0.2, 0) is 42.0 Å². The molecule has 0 bridgehead atoms. The lowest BCUT2D eigenvalue weighted by molar-refractivity contribution is -0.330. The van der Waals surface area contributed by atoms with Crippen LogP contribution in [0.25, 0.3) is 0 Å². The number of carbonyl (C=O) groups is 1. The maximum atomic E-state index is 13.3. The number of aryl methyl sites for hydroxylation is 2. The quantitative estimate of drug-likeness (QED) is 0.0459. The standard InChI is InChI=1S/C41H67N10O22PS/c1-14-10-50(40(62)48-35(14)59)24-6-18(52)22(68-24)12-66-74(64,65)73-19-7-25(51-11-15(2)36(60)49-41(51)63)67-21(19)9-47-39(61)46-3-4-75-13-23-27(53)26(45)29(55)37(70-23)71-33-16(43)5-17(44)34(32(33)58)72-38-31(57)30(56)28(54)20(8-42)69-38/h10-11,16-34,37-38,52-58H,3-9,12-13,42-45H2,1-2H3,(H,64,65)(H2,46,47,61)(H,48,59,62)(H,49,60,63)/t16-,17+,18+,19+,20-,21-,22-,23-,24-,25-,26+,27-,28-,29-,30+,31-,32-,33+,34-,37-,38-/m1/s1. The summed E-state index contributed by atoms with van der Waals surface area (Å²) in [6, 6.07) is -3.91. The number of H-pyrrole nitrogens is 2. The SMILES string of the molecule is Cc1cn([C@H]2C[C@H](OP(=O)(O)OC[C@H]3O[C@@H](n4cc(C)c(=O)[nH]c4=O)C[C@@H]3O)[C@@H](CNC(=O)NCCSC[C@H]3O[C@H](O[C@@H]4[C@@H](O)[C@H](O[C@H]5O[C@H](CN)[C@@H](O)[C@H](O)[C@H]5O)[C@@H](N)C[C@H]4N)[C@H](O)[C@@H](N)[C@@H]3O)O2)c(=O)[nH]c1=O. The number of nitrogens with zero attached hydrogens (tertiary/aromatic N) is 2. The summed E-state index contributed by atoms with van der Waals surface area (Å²) < 4.78 is 61.1. The van der Waals surface area contributed by atoms with Crippen LogP contribution in [-0.4, -0.2) is 220 Å². The van der Waals surface area contributed by atoms with E-state index in [1.165, 1.54) is 38.0 Å². The molecule has 0 radical (unpaired) electrons. The molecular weight excluding hydrogens is 1050 g/mol. The molecule has 5 fully saturated rings. The van der Waals surface area contributed by atoms with E-state index >= 15 is 0 Å². The van der Waals surface area contributed by atoms with Crippen molar-refractivity contribution in [2.24, 2.45) is 22.9 Å². The molecule has 22 atom stereocenters. The van der Waals surface area contributed by atoms with Gasteiger partial charge in [-0.15, -0.1) is 0 Å². The Kier molecular flexibility index (Phi) is 19.7. The lowest BCUT2D eigenvalue weighted by atomic mass is 9.84. The van der Waals surface area contributed by atoms with Crippen molar-refractivity contribution in [3.63, 3.8) is 0 Å². The molecule has 5 aliphatic rings. The van der Waals surface area contributed by atoms with E-state index in [0.29, 0.717) is 0 Å². The van der Waals surface area contributed by atoms with Gasteiger partial charge in [-0.1, -0.05) is 0 Å². The Morgan fingerprint density at radius 1 is 0.733 bits per heavy atom. The number of nitrogens with one attached hydrogen (secondary N) is 4. The molecule has 75 heavy (non-hydrogen) atoms. The molecule has 1 saturated carbocycles. The number of thioether (sulfide) groups is 1. The predicted octanol–water partition coefficient (Wildman–Crippen LogP) is -8.10. The first kappa shape index (κ1) is 59.1. The number of ether oxygens (including phenoxy) is 6. The number of nitrogens with two attached hydrogens (primary N) is 4. The zero-order chi connectivity index (χ0) is 54.8. The number of rotatable bonds is 19. The maximum absolute atomic E-state index is 13.3. The number of hydrogen-bond acceptors (Lipinski definition) is 26. The normalized spacial score (nSPS) is 39.0. The van der Waals surface area contributed by atoms with Crippen LogP contribution in [0.2, 0.25) is 0 Å². The summed E-state index contributed by atoms with van der Waals surface area (Å²) in [4.78, 5) is 77.2. The van der Waals surface area contributed by atoms with Gasteiger partial charge >= 0.3 is 25.2 Å². The predicted molar refractivity (Wildman–Crippen MR) is 255 cm³/mol. The fourth-order valence-electron chi connectivity index (χ4n) is 9.25. The highest BCUT2D eigenvalue weighted by Crippen LogP contribution is 2.49. The van der Waals surface area contributed by atoms with Crippen molar-refractivity contribution in [1.29, 1.82) is 0 Å². The summed E-state index contributed by atoms with van der Waals surface area (Å²) in [6.07, 6.45) is -22.6. The fourth-order valence-corrected chi connectivity index (χ4v) is 11.1. The Morgan fingerprint density at radius 2 is 1.29 bits per heavy atom. The topological polar surface area (TPSA) is 508 Å². The average molecular weight is 1120 g/mol. The third-order valence-corrected chi connectivity index (χ3v) is 15.6. The highest BCUT2D eigenvalue weighted by atomic mass is 32.2. The number of amides is 2. The molecule has 7 rings (SSSR count). The van der Waals surface area contributed by atoms with Gasteiger partial charge in [-0.05, 0) is 20.3 Å². The van der Waals surface area contributed by atoms with Gasteiger partial charge in [-0.2, -0.15) is 11.8 Å². The summed E-state index contributed by atoms with van der Waals surface area (Å²) in [5, 5.41) is 80.2. The van der Waals surface area contributed by atoms with E-state index in [4.69, 9.17) is 60.4 Å². The van der Waals surface area contributed by atoms with Crippen LogP contribution in [0.4, 0.5) is 4.79 Å². The second-order valence-corrected chi connectivity index (χ2v) is 21.5. The van der Waals surface area contributed by atoms with Crippen molar-refractivity contribution in [2.45, 2.75) is 162 Å². The molecule has 2 amide bonds. The minimum Gasteiger partial charge on any atom is -0.390 e. The van der Waals surface area contributed by atoms with E-state index in [0.717, 1.165) is 9.13 Å². The van der Waals surface area contributed by atoms with Crippen molar-refractivity contribution < 1.29 is 87.5 Å². The lowest BCUT2D eigenvalue weighted by Gasteiger charge is -2.48. The summed E-state index contributed by atoms with van der Waals surface area (Å²) in [5.74, 6) is 0.283. The van der Waals surface area contributed by atoms with Crippen LogP contribution in [0.15, 0.2) is 31.6 Å². The molecular formula is C41H67N10O22PS. The summed E-state index contributed by atoms with van der Waals surface area (Å²) in [6.45, 7) is 1.66. The first-order valence-corrected chi connectivity index (χ1v) is 26.6. The first-order chi connectivity index (χ1) is 35.4. The van der Waals surface area contributed by atoms with Crippen LogP contribution in [0.1, 0.15) is 42.8 Å². The van der Waals surface area contributed by atoms with Gasteiger partial charge in [0.2, 0.25) is 0 Å². The van der Waals surface area contributed by atoms with Crippen LogP contribution >= 0.6 is 19.6 Å². The van der Waals surface area contributed by atoms with Gasteiger partial charge in [0.05, 0.1) is 31.0 Å². The molecule has 2 aromatic heterocycles. The van der Waals surface area contributed by atoms with E-state index in [1.54, 1.807) is 0 Å². The largest absolute Gasteiger partial charge is 0.472 e. The molecule has 0 aromatic carbocycles. The first-order valence-electron chi connectivity index (χ1n) is 23.9. The van der Waals surface area contributed by atoms with Gasteiger partial charge in [-0.3, -0.25) is 37.7 Å². The number of urea groups is 1. The molecule has 4 saturated heterocycles. The number of phosphoric acid groups is 1. The van der Waals surface area contributed by atoms with Gasteiger partial charge in [-0.25, -0.2) is 18.9 Å². The number of aliphatic hydroxyl groups is 7. The molecule has 1 unspecified atom stereocenters. The van der Waals surface area contributed by atoms with Gasteiger partial charge in [0.15, 0.2) is 12.6 Å². The van der Waals surface area contributed by atoms with E-state index in [9.17, 15) is 69.2 Å². The molecule has 4 aliphatic heterocycles. The Morgan fingerprint density at radius 3 is 1.89 bits per heavy atom. The zero-order valence-corrected chi connectivity index (χ0v) is 42.2. The molecule has 34 heteroatoms. The van der Waals surface area contributed by atoms with Crippen LogP contribution < -0.4 is 56.1 Å². The van der Waals surface area contributed by atoms with Crippen LogP contribution in [0.5, 0.6) is 0 Å². The summed E-state index contributed by atoms with van der Waals surface area (Å²) in [7, 11) is -5.03. The van der Waals surface area contributed by atoms with Crippen molar-refractivity contribution in [1.82, 2.24) is 29.7 Å². The monoisotopic (exact) mass is 1110 g/mol. The molecule has 0 spiro atoms. The highest BCUT2D eigenvalue weighted by Gasteiger charge is 2.52. The number of aromatic amines is 2. The van der Waals surface area contributed by atoms with Gasteiger partial charge < -0.3 is 103 Å². The zero-order valence-electron chi connectivity index (χ0n) is 40.5. The van der Waals surface area contributed by atoms with Crippen molar-refractivity contribution >= 4 is 25.6 Å². The third-order valence-electron chi connectivity index (χ3n) is 13.5. The molecule has 1 aliphatic carbocycles. The maximum Gasteiger partial charge on any atom is 0.472 e. The van der Waals surface area contributed by atoms with E-state index in [2.05, 4.69) is 20.6 Å². The van der Waals surface area contributed by atoms with E-state index < -0.39 is 172 Å². The number of phosphoric ester groups is 1. The van der Waals surface area contributed by atoms with Crippen LogP contribution in [0, 0.1) is 13.8 Å². The summed E-state index contributed by atoms with van der Waals surface area (Å²) in [5.41, 5.74) is 21.8. The van der Waals surface area contributed by atoms with E-state index in [-0.39, 0.29) is 61.5 Å². The number of aromatic nitrogens is 4. The lowest BCUT2D eigenvalue weighted by Crippen LogP contribution is -2.68. The third kappa shape index (κ3) is 13.8. The van der Waals surface area contributed by atoms with Gasteiger partial charge in [0, 0.05) is 79.6 Å². The number of aliphatic hydroxyl groups excluding tert-OH is 7. The highest BCUT2D eigenvalue weighted by molar-refractivity contribution is 7.99. The van der Waals surface area contributed by atoms with Gasteiger partial charge in [0.1, 0.15) is 79.6 Å². The molecule has 20 N–H and O–H groups in total. The molecule has 2 aromatic rings. The molecule has 6 heterocycles. The fraction of sp³-hybridized carbons (Fsp3) is 0.780. The Labute approximate surface area is 429 Å². The molecule has 32 nitrogen and oxygen atoms in total. The van der Waals surface area contributed by atoms with E-state index in [1.807, 2.05) is 0 Å². The van der Waals surface area contributed by atoms with Crippen molar-refractivity contribution in [2.75, 3.05) is 37.7 Å². The minimum atomic E-state index is -5.03. The number of carbonyl (C=O) groups excluding carboxylic acids is 1. The Bertz CT molecular complexity index is 2560. The Balaban J connectivity index is 0.896.